The van der Waals surface area contributed by atoms with Gasteiger partial charge >= 0.3 is 0 Å². The van der Waals surface area contributed by atoms with Gasteiger partial charge in [-0.05, 0) is 37.1 Å². The number of hydrogen-bond acceptors (Lipinski definition) is 3. The van der Waals surface area contributed by atoms with Gasteiger partial charge in [-0.15, -0.1) is 0 Å². The van der Waals surface area contributed by atoms with Gasteiger partial charge in [-0.1, -0.05) is 6.07 Å². The molecule has 3 heteroatoms. The van der Waals surface area contributed by atoms with Crippen molar-refractivity contribution in [2.24, 2.45) is 0 Å². The van der Waals surface area contributed by atoms with E-state index in [1.807, 2.05) is 6.07 Å². The lowest BCUT2D eigenvalue weighted by atomic mass is 9.93. The third-order valence-electron chi connectivity index (χ3n) is 2.63. The molecule has 0 fully saturated rings. The molecule has 0 bridgehead atoms. The Labute approximate surface area is 77.6 Å². The Hall–Kier alpha value is -1.22. The summed E-state index contributed by atoms with van der Waals surface area (Å²) >= 11 is 0. The average molecular weight is 178 g/mol. The normalized spacial score (nSPS) is 21.2. The number of phenolic OH excluding ortho intramolecular Hbond substituents is 1. The zero-order valence-corrected chi connectivity index (χ0v) is 7.67. The molecule has 1 unspecified atom stereocenters. The van der Waals surface area contributed by atoms with Crippen LogP contribution in [0.4, 0.5) is 5.69 Å². The molecule has 0 saturated heterocycles. The summed E-state index contributed by atoms with van der Waals surface area (Å²) in [6.07, 6.45) is 0.990. The number of fused-ring (bicyclic) bond motifs is 1. The van der Waals surface area contributed by atoms with Crippen LogP contribution in [-0.4, -0.2) is 11.7 Å². The third kappa shape index (κ3) is 1.25. The molecule has 70 valence electrons. The first-order chi connectivity index (χ1) is 6.20. The van der Waals surface area contributed by atoms with Crippen molar-refractivity contribution in [3.05, 3.63) is 23.3 Å². The molecular formula is C10H14N2O. The zero-order valence-electron chi connectivity index (χ0n) is 7.67. The first-order valence-corrected chi connectivity index (χ1v) is 4.53. The highest BCUT2D eigenvalue weighted by Gasteiger charge is 2.19. The summed E-state index contributed by atoms with van der Waals surface area (Å²) in [5.41, 5.74) is 8.64. The van der Waals surface area contributed by atoms with Crippen molar-refractivity contribution in [2.45, 2.75) is 19.4 Å². The van der Waals surface area contributed by atoms with Gasteiger partial charge in [0, 0.05) is 6.04 Å². The second kappa shape index (κ2) is 2.92. The number of nitrogen functional groups attached to an aromatic ring is 1. The molecular weight excluding hydrogens is 164 g/mol. The molecule has 1 aliphatic heterocycles. The number of rotatable bonds is 0. The molecule has 0 amide bonds. The average Bonchev–Trinajstić information content (AvgIpc) is 2.12. The van der Waals surface area contributed by atoms with Gasteiger partial charge in [-0.25, -0.2) is 0 Å². The van der Waals surface area contributed by atoms with Crippen LogP contribution in [0.3, 0.4) is 0 Å². The van der Waals surface area contributed by atoms with E-state index in [9.17, 15) is 5.11 Å². The summed E-state index contributed by atoms with van der Waals surface area (Å²) in [5, 5.41) is 12.8. The van der Waals surface area contributed by atoms with Crippen molar-refractivity contribution in [2.75, 3.05) is 12.3 Å². The Morgan fingerprint density at radius 3 is 3.08 bits per heavy atom. The number of hydrogen-bond donors (Lipinski definition) is 3. The minimum Gasteiger partial charge on any atom is -0.506 e. The van der Waals surface area contributed by atoms with Crippen molar-refractivity contribution >= 4 is 5.69 Å². The number of benzene rings is 1. The molecule has 0 saturated carbocycles. The Morgan fingerprint density at radius 2 is 2.31 bits per heavy atom. The summed E-state index contributed by atoms with van der Waals surface area (Å²) in [7, 11) is 0. The van der Waals surface area contributed by atoms with Gasteiger partial charge < -0.3 is 16.2 Å². The van der Waals surface area contributed by atoms with Crippen molar-refractivity contribution in [1.82, 2.24) is 5.32 Å². The maximum Gasteiger partial charge on any atom is 0.138 e. The summed E-state index contributed by atoms with van der Waals surface area (Å²) in [4.78, 5) is 0. The molecule has 1 aromatic carbocycles. The number of anilines is 1. The topological polar surface area (TPSA) is 58.3 Å². The third-order valence-corrected chi connectivity index (χ3v) is 2.63. The smallest absolute Gasteiger partial charge is 0.138 e. The predicted octanol–water partition coefficient (Wildman–Crippen LogP) is 1.18. The number of aromatic hydroxyl groups is 1. The predicted molar refractivity (Wildman–Crippen MR) is 52.6 cm³/mol. The van der Waals surface area contributed by atoms with Gasteiger partial charge in [0.15, 0.2) is 0 Å². The SMILES string of the molecule is CC1NCCc2ccc(O)c(N)c21. The molecule has 0 aliphatic carbocycles. The van der Waals surface area contributed by atoms with Gasteiger partial charge in [0.25, 0.3) is 0 Å². The summed E-state index contributed by atoms with van der Waals surface area (Å²) < 4.78 is 0. The van der Waals surface area contributed by atoms with Crippen LogP contribution < -0.4 is 11.1 Å². The fourth-order valence-electron chi connectivity index (χ4n) is 1.92. The van der Waals surface area contributed by atoms with Crippen molar-refractivity contribution in [1.29, 1.82) is 0 Å². The summed E-state index contributed by atoms with van der Waals surface area (Å²) in [6.45, 7) is 3.05. The van der Waals surface area contributed by atoms with E-state index in [0.29, 0.717) is 5.69 Å². The lowest BCUT2D eigenvalue weighted by molar-refractivity contribution is 0.472. The molecule has 1 atom stereocenters. The maximum absolute atomic E-state index is 9.44. The van der Waals surface area contributed by atoms with Gasteiger partial charge in [-0.3, -0.25) is 0 Å². The molecule has 13 heavy (non-hydrogen) atoms. The zero-order chi connectivity index (χ0) is 9.42. The second-order valence-corrected chi connectivity index (χ2v) is 3.50. The quantitative estimate of drug-likeness (QED) is 0.413. The van der Waals surface area contributed by atoms with E-state index >= 15 is 0 Å². The standard InChI is InChI=1S/C10H14N2O/c1-6-9-7(4-5-12-6)2-3-8(13)10(9)11/h2-3,6,12-13H,4-5,11H2,1H3. The van der Waals surface area contributed by atoms with Crippen LogP contribution in [0.25, 0.3) is 0 Å². The van der Waals surface area contributed by atoms with Crippen LogP contribution in [0.1, 0.15) is 24.1 Å². The first kappa shape index (κ1) is 8.38. The first-order valence-electron chi connectivity index (χ1n) is 4.53. The molecule has 0 radical (unpaired) electrons. The van der Waals surface area contributed by atoms with E-state index in [4.69, 9.17) is 5.73 Å². The van der Waals surface area contributed by atoms with E-state index in [-0.39, 0.29) is 11.8 Å². The Bertz CT molecular complexity index is 336. The van der Waals surface area contributed by atoms with Gasteiger partial charge in [0.2, 0.25) is 0 Å². The van der Waals surface area contributed by atoms with Crippen molar-refractivity contribution in [3.63, 3.8) is 0 Å². The highest BCUT2D eigenvalue weighted by atomic mass is 16.3. The van der Waals surface area contributed by atoms with Gasteiger partial charge in [0.1, 0.15) is 5.75 Å². The van der Waals surface area contributed by atoms with E-state index in [0.717, 1.165) is 18.5 Å². The molecule has 0 spiro atoms. The molecule has 3 nitrogen and oxygen atoms in total. The van der Waals surface area contributed by atoms with E-state index in [2.05, 4.69) is 12.2 Å². The van der Waals surface area contributed by atoms with Crippen LogP contribution in [0.2, 0.25) is 0 Å². The maximum atomic E-state index is 9.44. The monoisotopic (exact) mass is 178 g/mol. The molecule has 1 aliphatic rings. The summed E-state index contributed by atoms with van der Waals surface area (Å²) in [5.74, 6) is 0.189. The lowest BCUT2D eigenvalue weighted by Crippen LogP contribution is -2.28. The highest BCUT2D eigenvalue weighted by molar-refractivity contribution is 5.62. The van der Waals surface area contributed by atoms with E-state index < -0.39 is 0 Å². The molecule has 2 rings (SSSR count). The Kier molecular flexibility index (Phi) is 1.88. The molecule has 1 aromatic rings. The minimum absolute atomic E-state index is 0.189. The van der Waals surface area contributed by atoms with Crippen molar-refractivity contribution < 1.29 is 5.11 Å². The highest BCUT2D eigenvalue weighted by Crippen LogP contribution is 2.33. The molecule has 0 aromatic heterocycles. The van der Waals surface area contributed by atoms with Crippen LogP contribution in [0.15, 0.2) is 12.1 Å². The largest absolute Gasteiger partial charge is 0.506 e. The lowest BCUT2D eigenvalue weighted by Gasteiger charge is -2.25. The Morgan fingerprint density at radius 1 is 1.54 bits per heavy atom. The van der Waals surface area contributed by atoms with Crippen LogP contribution in [-0.2, 0) is 6.42 Å². The van der Waals surface area contributed by atoms with Crippen LogP contribution in [0, 0.1) is 0 Å². The fraction of sp³-hybridized carbons (Fsp3) is 0.400. The second-order valence-electron chi connectivity index (χ2n) is 3.50. The number of phenols is 1. The van der Waals surface area contributed by atoms with Gasteiger partial charge in [0.05, 0.1) is 5.69 Å². The minimum atomic E-state index is 0.189. The summed E-state index contributed by atoms with van der Waals surface area (Å²) in [6, 6.07) is 3.88. The van der Waals surface area contributed by atoms with E-state index in [1.54, 1.807) is 6.07 Å². The van der Waals surface area contributed by atoms with E-state index in [1.165, 1.54) is 5.56 Å². The van der Waals surface area contributed by atoms with Crippen LogP contribution >= 0.6 is 0 Å². The molecule has 4 N–H and O–H groups in total. The number of nitrogens with one attached hydrogen (secondary N) is 1. The fourth-order valence-corrected chi connectivity index (χ4v) is 1.92. The molecule has 1 heterocycles. The van der Waals surface area contributed by atoms with Crippen LogP contribution in [0.5, 0.6) is 5.75 Å². The van der Waals surface area contributed by atoms with Gasteiger partial charge in [-0.2, -0.15) is 0 Å². The number of nitrogens with two attached hydrogens (primary N) is 1. The van der Waals surface area contributed by atoms with Crippen molar-refractivity contribution in [3.8, 4) is 5.75 Å². The Balaban J connectivity index is 2.58.